The lowest BCUT2D eigenvalue weighted by atomic mass is 9.94. The fourth-order valence-electron chi connectivity index (χ4n) is 10.0. The van der Waals surface area contributed by atoms with Gasteiger partial charge in [-0.25, -0.2) is 37.3 Å². The first-order chi connectivity index (χ1) is 33.7. The van der Waals surface area contributed by atoms with Gasteiger partial charge in [0.25, 0.3) is 0 Å². The van der Waals surface area contributed by atoms with Gasteiger partial charge in [-0.05, 0) is 111 Å². The number of benzene rings is 2. The minimum Gasteiger partial charge on any atom is -0.444 e. The molecule has 392 valence electrons. The molecule has 9 atom stereocenters. The average Bonchev–Trinajstić information content (AvgIpc) is 3.51. The molecule has 2 N–H and O–H groups in total. The molecule has 1 saturated carbocycles. The number of hydrogen-bond donors (Lipinski definition) is 2. The Labute approximate surface area is 418 Å². The molecule has 3 fully saturated rings. The summed E-state index contributed by atoms with van der Waals surface area (Å²) >= 11 is 0. The van der Waals surface area contributed by atoms with Crippen molar-refractivity contribution in [2.75, 3.05) is 27.2 Å². The monoisotopic (exact) mass is 1010 g/mol. The summed E-state index contributed by atoms with van der Waals surface area (Å²) in [6.45, 7) is 17.5. The second kappa shape index (κ2) is 20.7. The van der Waals surface area contributed by atoms with E-state index in [4.69, 9.17) is 14.5 Å². The number of piperidine rings is 1. The summed E-state index contributed by atoms with van der Waals surface area (Å²) in [5, 5.41) is 2.87. The number of Topliss-reactive ketones (excluding diaryl/α,β-unsaturated/α-hetero) is 1. The molecule has 1 aliphatic carbocycles. The zero-order chi connectivity index (χ0) is 52.9. The number of alkyl halides is 1. The third kappa shape index (κ3) is 11.5. The van der Waals surface area contributed by atoms with Crippen LogP contribution >= 0.6 is 0 Å². The fourth-order valence-corrected chi connectivity index (χ4v) is 10.0. The van der Waals surface area contributed by atoms with Gasteiger partial charge >= 0.3 is 18.0 Å². The highest BCUT2D eigenvalue weighted by Gasteiger charge is 2.56. The van der Waals surface area contributed by atoms with Crippen LogP contribution in [0.1, 0.15) is 101 Å². The van der Waals surface area contributed by atoms with Crippen molar-refractivity contribution < 1.29 is 56.0 Å². The summed E-state index contributed by atoms with van der Waals surface area (Å²) in [5.74, 6) is -2.39. The predicted octanol–water partition coefficient (Wildman–Crippen LogP) is 6.93. The van der Waals surface area contributed by atoms with E-state index >= 15 is 8.78 Å². The molecular formula is C52H71F3N9O8+. The Morgan fingerprint density at radius 3 is 2.10 bits per heavy atom. The molecule has 4 aromatic rings. The summed E-state index contributed by atoms with van der Waals surface area (Å²) in [5.41, 5.74) is 0.223. The fraction of sp³-hybridized carbons (Fsp3) is 0.615. The van der Waals surface area contributed by atoms with Crippen LogP contribution in [0.5, 0.6) is 0 Å². The molecule has 0 unspecified atom stereocenters. The number of imidazole rings is 2. The number of aromatic amines is 1. The van der Waals surface area contributed by atoms with E-state index in [-0.39, 0.29) is 80.4 Å². The first kappa shape index (κ1) is 53.6. The van der Waals surface area contributed by atoms with Crippen molar-refractivity contribution in [3.05, 3.63) is 48.0 Å². The number of ether oxygens (including phenoxy) is 2. The number of fused-ring (bicyclic) bond motifs is 3. The van der Waals surface area contributed by atoms with Gasteiger partial charge < -0.3 is 34.1 Å². The first-order valence-electron chi connectivity index (χ1n) is 25.1. The summed E-state index contributed by atoms with van der Waals surface area (Å²) in [7, 11) is 2.92. The van der Waals surface area contributed by atoms with Gasteiger partial charge in [-0.2, -0.15) is 0 Å². The maximum absolute atomic E-state index is 15.7. The van der Waals surface area contributed by atoms with E-state index in [0.717, 1.165) is 6.42 Å². The number of rotatable bonds is 16. The van der Waals surface area contributed by atoms with E-state index < -0.39 is 83.1 Å². The topological polar surface area (TPSA) is 183 Å². The van der Waals surface area contributed by atoms with Gasteiger partial charge in [-0.1, -0.05) is 13.8 Å². The number of amides is 5. The lowest BCUT2D eigenvalue weighted by Gasteiger charge is -2.32. The van der Waals surface area contributed by atoms with Crippen LogP contribution in [-0.4, -0.2) is 145 Å². The van der Waals surface area contributed by atoms with Crippen LogP contribution in [0.4, 0.5) is 22.8 Å². The number of H-pyrrole nitrogens is 1. The Morgan fingerprint density at radius 2 is 1.47 bits per heavy atom. The van der Waals surface area contributed by atoms with Crippen molar-refractivity contribution in [1.82, 2.24) is 39.5 Å². The van der Waals surface area contributed by atoms with Crippen LogP contribution in [0.2, 0.25) is 0 Å². The predicted molar refractivity (Wildman–Crippen MR) is 262 cm³/mol. The van der Waals surface area contributed by atoms with E-state index in [1.54, 1.807) is 90.8 Å². The van der Waals surface area contributed by atoms with Gasteiger partial charge in [-0.15, -0.1) is 0 Å². The number of nitrogens with zero attached hydrogens (tertiary/aromatic N) is 7. The van der Waals surface area contributed by atoms with E-state index in [2.05, 4.69) is 10.3 Å². The lowest BCUT2D eigenvalue weighted by molar-refractivity contribution is -0.665. The number of carbonyl (C=O) groups is 6. The molecule has 2 saturated heterocycles. The maximum Gasteiger partial charge on any atom is 0.410 e. The smallest absolute Gasteiger partial charge is 0.410 e. The number of likely N-dealkylation sites (tertiary alicyclic amines) is 2. The minimum absolute atomic E-state index is 0.0215. The molecule has 17 nitrogen and oxygen atoms in total. The standard InChI is InChI=1S/C52H70F3N9O8/c1-13-30(20-43(65)28(3)59(11)49(69)71-51(5,6)7)47(67)61-25-34(55)21-35(61)26-62-40-17-15-32(53)22-38(40)56-44(62)45-57-39-23-33(54)16-18-41(39)63(45)27-42-36-19-31(36)24-64(42)48(68)37(14-2)58-46(66)29(4)60(12)50(70)72-52(8,9)10/h15-18,22-23,28-31,34-37,42H,13-14,19-21,24-27H2,1-12H3,(H,58,66)/p+1/t28-,29-,30+,31-,34-,35-,36-,37-,42+/m0/s1. The van der Waals surface area contributed by atoms with Gasteiger partial charge in [0.2, 0.25) is 23.5 Å². The van der Waals surface area contributed by atoms with E-state index in [1.807, 2.05) is 4.57 Å². The molecule has 0 spiro atoms. The number of halogens is 3. The molecule has 0 bridgehead atoms. The van der Waals surface area contributed by atoms with Crippen LogP contribution in [0, 0.1) is 29.4 Å². The van der Waals surface area contributed by atoms with Crippen LogP contribution in [-0.2, 0) is 41.7 Å². The largest absolute Gasteiger partial charge is 0.444 e. The first-order valence-corrected chi connectivity index (χ1v) is 25.1. The molecule has 4 heterocycles. The van der Waals surface area contributed by atoms with Gasteiger partial charge in [0.15, 0.2) is 16.8 Å². The molecule has 0 radical (unpaired) electrons. The zero-order valence-electron chi connectivity index (χ0n) is 43.6. The Kier molecular flexibility index (Phi) is 15.4. The highest BCUT2D eigenvalue weighted by molar-refractivity contribution is 5.92. The summed E-state index contributed by atoms with van der Waals surface area (Å²) < 4.78 is 60.3. The minimum atomic E-state index is -1.38. The second-order valence-electron chi connectivity index (χ2n) is 21.9. The van der Waals surface area contributed by atoms with Crippen molar-refractivity contribution >= 4 is 57.8 Å². The van der Waals surface area contributed by atoms with Gasteiger partial charge in [0.1, 0.15) is 47.6 Å². The molecule has 2 aromatic heterocycles. The van der Waals surface area contributed by atoms with E-state index in [1.165, 1.54) is 53.1 Å². The van der Waals surface area contributed by atoms with E-state index in [0.29, 0.717) is 34.7 Å². The Bertz CT molecular complexity index is 2730. The SMILES string of the molecule is CC[C@H](CC(=O)[C@H](C)N(C)C(=O)OC(C)(C)C)C(=O)N1C[C@@H](F)C[C@H]1Cn1c(-c2[nH]c3cc(F)ccc3[n+]2C[C@@H]2[C@H]3C[C@H]3CN2C(=O)[C@H](CC)NC(=O)[C@H](C)N(C)C(=O)OC(C)(C)C)nc2cc(F)ccc21. The number of ketones is 1. The van der Waals surface area contributed by atoms with Crippen LogP contribution < -0.4 is 9.88 Å². The van der Waals surface area contributed by atoms with E-state index in [9.17, 15) is 33.2 Å². The molecule has 72 heavy (non-hydrogen) atoms. The molecular weight excluding hydrogens is 936 g/mol. The van der Waals surface area contributed by atoms with Crippen molar-refractivity contribution in [3.8, 4) is 11.6 Å². The summed E-state index contributed by atoms with van der Waals surface area (Å²) in [6, 6.07) is 4.60. The van der Waals surface area contributed by atoms with Crippen molar-refractivity contribution in [2.45, 2.75) is 162 Å². The van der Waals surface area contributed by atoms with Gasteiger partial charge in [-0.3, -0.25) is 24.1 Å². The van der Waals surface area contributed by atoms with Gasteiger partial charge in [0.05, 0.1) is 35.7 Å². The van der Waals surface area contributed by atoms with Crippen LogP contribution in [0.3, 0.4) is 0 Å². The second-order valence-corrected chi connectivity index (χ2v) is 21.9. The molecule has 3 aliphatic rings. The number of aromatic nitrogens is 4. The molecule has 2 aromatic carbocycles. The van der Waals surface area contributed by atoms with Crippen molar-refractivity contribution in [2.24, 2.45) is 17.8 Å². The maximum atomic E-state index is 15.7. The molecule has 5 amide bonds. The molecule has 7 rings (SSSR count). The normalized spacial score (nSPS) is 21.5. The lowest BCUT2D eigenvalue weighted by Crippen LogP contribution is -2.57. The molecule has 20 heteroatoms. The highest BCUT2D eigenvalue weighted by Crippen LogP contribution is 2.50. The number of nitrogens with one attached hydrogen (secondary N) is 2. The Morgan fingerprint density at radius 1 is 0.847 bits per heavy atom. The number of likely N-dealkylation sites (N-methyl/N-ethyl adjacent to an activating group) is 2. The highest BCUT2D eigenvalue weighted by atomic mass is 19.1. The number of hydrogen-bond acceptors (Lipinski definition) is 9. The third-order valence-corrected chi connectivity index (χ3v) is 14.4. The van der Waals surface area contributed by atoms with Crippen LogP contribution in [0.25, 0.3) is 33.7 Å². The third-order valence-electron chi connectivity index (χ3n) is 14.4. The van der Waals surface area contributed by atoms with Crippen LogP contribution in [0.15, 0.2) is 36.4 Å². The number of carbonyl (C=O) groups excluding carboxylic acids is 6. The zero-order valence-corrected chi connectivity index (χ0v) is 43.6. The van der Waals surface area contributed by atoms with Gasteiger partial charge in [0, 0.05) is 58.1 Å². The Balaban J connectivity index is 1.18. The molecule has 2 aliphatic heterocycles. The van der Waals surface area contributed by atoms with Crippen molar-refractivity contribution in [1.29, 1.82) is 0 Å². The van der Waals surface area contributed by atoms with Crippen molar-refractivity contribution in [3.63, 3.8) is 0 Å². The quantitative estimate of drug-likeness (QED) is 0.113. The summed E-state index contributed by atoms with van der Waals surface area (Å²) in [4.78, 5) is 95.8. The summed E-state index contributed by atoms with van der Waals surface area (Å²) in [6.07, 6.45) is -1.54. The average molecular weight is 1010 g/mol. The Hall–Kier alpha value is -6.21.